The smallest absolute Gasteiger partial charge is 0.131 e. The summed E-state index contributed by atoms with van der Waals surface area (Å²) < 4.78 is 2.18. The number of aromatic amines is 1. The molecule has 0 saturated carbocycles. The highest BCUT2D eigenvalue weighted by Crippen LogP contribution is 2.32. The van der Waals surface area contributed by atoms with Gasteiger partial charge >= 0.3 is 0 Å². The number of aromatic nitrogens is 6. The number of hydrogen-bond donors (Lipinski definition) is 1. The van der Waals surface area contributed by atoms with Gasteiger partial charge in [0.15, 0.2) is 0 Å². The summed E-state index contributed by atoms with van der Waals surface area (Å²) in [5.74, 6) is 0.554. The second kappa shape index (κ2) is 5.81. The molecule has 1 aromatic carbocycles. The Bertz CT molecular complexity index is 1030. The van der Waals surface area contributed by atoms with E-state index >= 15 is 0 Å². The molecule has 5 rings (SSSR count). The maximum Gasteiger partial charge on any atom is 0.131 e. The van der Waals surface area contributed by atoms with Crippen molar-refractivity contribution in [2.75, 3.05) is 0 Å². The van der Waals surface area contributed by atoms with E-state index in [0.717, 1.165) is 29.0 Å². The number of hydrogen-bond acceptors (Lipinski definition) is 4. The zero-order valence-corrected chi connectivity index (χ0v) is 13.8. The molecule has 6 nitrogen and oxygen atoms in total. The lowest BCUT2D eigenvalue weighted by molar-refractivity contribution is 0.483. The number of benzene rings is 1. The molecule has 1 atom stereocenters. The van der Waals surface area contributed by atoms with Gasteiger partial charge in [-0.1, -0.05) is 24.3 Å². The number of H-pyrrole nitrogens is 1. The molecular weight excluding hydrogens is 312 g/mol. The summed E-state index contributed by atoms with van der Waals surface area (Å²) >= 11 is 0. The number of nitrogens with one attached hydrogen (secondary N) is 1. The van der Waals surface area contributed by atoms with Crippen molar-refractivity contribution in [2.24, 2.45) is 0 Å². The van der Waals surface area contributed by atoms with E-state index < -0.39 is 0 Å². The minimum atomic E-state index is 0.554. The third-order valence-corrected chi connectivity index (χ3v) is 5.02. The highest BCUT2D eigenvalue weighted by Gasteiger charge is 2.20. The third kappa shape index (κ3) is 2.59. The predicted octanol–water partition coefficient (Wildman–Crippen LogP) is 3.34. The second-order valence-corrected chi connectivity index (χ2v) is 6.63. The number of pyridine rings is 1. The van der Waals surface area contributed by atoms with Crippen molar-refractivity contribution in [2.45, 2.75) is 31.7 Å². The van der Waals surface area contributed by atoms with Crippen molar-refractivity contribution >= 4 is 11.0 Å². The van der Waals surface area contributed by atoms with E-state index in [0.29, 0.717) is 5.92 Å². The molecule has 0 radical (unpaired) electrons. The SMILES string of the molecule is c1ccc2c(c1)CCCC2Cn1cnc(-c2cc3n[nH]nc3cn2)c1. The van der Waals surface area contributed by atoms with Gasteiger partial charge in [0.1, 0.15) is 16.7 Å². The Balaban J connectivity index is 1.42. The van der Waals surface area contributed by atoms with E-state index in [4.69, 9.17) is 0 Å². The van der Waals surface area contributed by atoms with Crippen molar-refractivity contribution in [3.05, 3.63) is 60.2 Å². The van der Waals surface area contributed by atoms with E-state index in [9.17, 15) is 0 Å². The molecule has 0 amide bonds. The molecule has 3 aromatic heterocycles. The Hall–Kier alpha value is -3.02. The van der Waals surface area contributed by atoms with Gasteiger partial charge in [0.25, 0.3) is 0 Å². The predicted molar refractivity (Wildman–Crippen MR) is 95.0 cm³/mol. The van der Waals surface area contributed by atoms with Crippen LogP contribution >= 0.6 is 0 Å². The lowest BCUT2D eigenvalue weighted by Crippen LogP contribution is -2.14. The molecule has 0 aliphatic heterocycles. The lowest BCUT2D eigenvalue weighted by Gasteiger charge is -2.25. The van der Waals surface area contributed by atoms with Crippen LogP contribution in [0, 0.1) is 0 Å². The Kier molecular flexibility index (Phi) is 3.33. The number of rotatable bonds is 3. The maximum absolute atomic E-state index is 4.54. The number of fused-ring (bicyclic) bond motifs is 2. The summed E-state index contributed by atoms with van der Waals surface area (Å²) in [6, 6.07) is 10.7. The normalized spacial score (nSPS) is 16.9. The fraction of sp³-hybridized carbons (Fsp3) is 0.263. The summed E-state index contributed by atoms with van der Waals surface area (Å²) in [5.41, 5.74) is 6.25. The topological polar surface area (TPSA) is 72.3 Å². The van der Waals surface area contributed by atoms with Crippen molar-refractivity contribution in [3.8, 4) is 11.4 Å². The molecule has 0 fully saturated rings. The van der Waals surface area contributed by atoms with Crippen LogP contribution in [0.3, 0.4) is 0 Å². The highest BCUT2D eigenvalue weighted by molar-refractivity contribution is 5.76. The van der Waals surface area contributed by atoms with Crippen LogP contribution in [0.5, 0.6) is 0 Å². The third-order valence-electron chi connectivity index (χ3n) is 5.02. The van der Waals surface area contributed by atoms with Crippen molar-refractivity contribution in [3.63, 3.8) is 0 Å². The van der Waals surface area contributed by atoms with Crippen LogP contribution in [-0.2, 0) is 13.0 Å². The molecule has 4 aromatic rings. The van der Waals surface area contributed by atoms with Crippen LogP contribution in [0.4, 0.5) is 0 Å². The van der Waals surface area contributed by atoms with Gasteiger partial charge in [0.05, 0.1) is 18.2 Å². The molecular formula is C19H18N6. The molecule has 0 saturated heterocycles. The molecule has 1 aliphatic rings. The molecule has 0 spiro atoms. The highest BCUT2D eigenvalue weighted by atomic mass is 15.3. The van der Waals surface area contributed by atoms with Gasteiger partial charge in [0, 0.05) is 18.7 Å². The summed E-state index contributed by atoms with van der Waals surface area (Å²) in [7, 11) is 0. The second-order valence-electron chi connectivity index (χ2n) is 6.63. The molecule has 3 heterocycles. The van der Waals surface area contributed by atoms with E-state index in [1.54, 1.807) is 6.20 Å². The Morgan fingerprint density at radius 2 is 2.00 bits per heavy atom. The van der Waals surface area contributed by atoms with Gasteiger partial charge in [-0.3, -0.25) is 4.98 Å². The standard InChI is InChI=1S/C19H18N6/c1-2-7-15-13(4-1)5-3-6-14(15)10-25-11-19(21-12-25)16-8-17-18(9-20-16)23-24-22-17/h1-2,4,7-9,11-12,14H,3,5-6,10H2,(H,22,23,24). The molecule has 0 bridgehead atoms. The summed E-state index contributed by atoms with van der Waals surface area (Å²) in [6.45, 7) is 0.955. The van der Waals surface area contributed by atoms with Crippen LogP contribution in [0.1, 0.15) is 29.9 Å². The van der Waals surface area contributed by atoms with Gasteiger partial charge < -0.3 is 4.57 Å². The average molecular weight is 330 g/mol. The molecule has 6 heteroatoms. The maximum atomic E-state index is 4.54. The van der Waals surface area contributed by atoms with Gasteiger partial charge in [0.2, 0.25) is 0 Å². The van der Waals surface area contributed by atoms with Gasteiger partial charge in [-0.2, -0.15) is 15.4 Å². The van der Waals surface area contributed by atoms with E-state index in [2.05, 4.69) is 60.4 Å². The van der Waals surface area contributed by atoms with Crippen LogP contribution in [0.2, 0.25) is 0 Å². The summed E-state index contributed by atoms with van der Waals surface area (Å²) in [5, 5.41) is 10.8. The largest absolute Gasteiger partial charge is 0.336 e. The van der Waals surface area contributed by atoms with Crippen LogP contribution < -0.4 is 0 Å². The first-order chi connectivity index (χ1) is 12.4. The summed E-state index contributed by atoms with van der Waals surface area (Å²) in [4.78, 5) is 8.99. The minimum absolute atomic E-state index is 0.554. The molecule has 1 aliphatic carbocycles. The Morgan fingerprint density at radius 1 is 1.08 bits per heavy atom. The molecule has 25 heavy (non-hydrogen) atoms. The minimum Gasteiger partial charge on any atom is -0.336 e. The Morgan fingerprint density at radius 3 is 3.00 bits per heavy atom. The first-order valence-electron chi connectivity index (χ1n) is 8.63. The fourth-order valence-electron chi connectivity index (χ4n) is 3.78. The van der Waals surface area contributed by atoms with Crippen molar-refractivity contribution < 1.29 is 0 Å². The van der Waals surface area contributed by atoms with Gasteiger partial charge in [-0.25, -0.2) is 4.98 Å². The average Bonchev–Trinajstić information content (AvgIpc) is 3.30. The van der Waals surface area contributed by atoms with Crippen molar-refractivity contribution in [1.29, 1.82) is 0 Å². The summed E-state index contributed by atoms with van der Waals surface area (Å²) in [6.07, 6.45) is 9.39. The van der Waals surface area contributed by atoms with E-state index in [-0.39, 0.29) is 0 Å². The van der Waals surface area contributed by atoms with E-state index in [1.165, 1.54) is 30.4 Å². The van der Waals surface area contributed by atoms with Crippen LogP contribution in [0.15, 0.2) is 49.1 Å². The lowest BCUT2D eigenvalue weighted by atomic mass is 9.83. The number of aryl methyl sites for hydroxylation is 1. The first kappa shape index (κ1) is 14.3. The van der Waals surface area contributed by atoms with Gasteiger partial charge in [-0.15, -0.1) is 0 Å². The monoisotopic (exact) mass is 330 g/mol. The molecule has 124 valence electrons. The van der Waals surface area contributed by atoms with Crippen LogP contribution in [-0.4, -0.2) is 29.9 Å². The molecule has 1 unspecified atom stereocenters. The molecule has 1 N–H and O–H groups in total. The zero-order valence-electron chi connectivity index (χ0n) is 13.8. The first-order valence-corrected chi connectivity index (χ1v) is 8.63. The number of imidazole rings is 1. The Labute approximate surface area is 144 Å². The van der Waals surface area contributed by atoms with Crippen molar-refractivity contribution in [1.82, 2.24) is 29.9 Å². The zero-order chi connectivity index (χ0) is 16.6. The van der Waals surface area contributed by atoms with Gasteiger partial charge in [-0.05, 0) is 36.5 Å². The van der Waals surface area contributed by atoms with Crippen LogP contribution in [0.25, 0.3) is 22.4 Å². The van der Waals surface area contributed by atoms with E-state index in [1.807, 2.05) is 12.4 Å². The quantitative estimate of drug-likeness (QED) is 0.625. The fourth-order valence-corrected chi connectivity index (χ4v) is 3.78. The number of nitrogens with zero attached hydrogens (tertiary/aromatic N) is 5.